The number of rotatable bonds is 8. The number of aryl methyl sites for hydroxylation is 1. The summed E-state index contributed by atoms with van der Waals surface area (Å²) in [6, 6.07) is 9.93. The van der Waals surface area contributed by atoms with Crippen LogP contribution in [-0.4, -0.2) is 36.4 Å². The van der Waals surface area contributed by atoms with Crippen molar-refractivity contribution in [3.63, 3.8) is 0 Å². The van der Waals surface area contributed by atoms with Gasteiger partial charge in [-0.3, -0.25) is 9.59 Å². The number of hydrogen-bond acceptors (Lipinski definition) is 3. The Kier molecular flexibility index (Phi) is 8.80. The van der Waals surface area contributed by atoms with Crippen molar-refractivity contribution >= 4 is 50.9 Å². The first-order valence-electron chi connectivity index (χ1n) is 9.11. The van der Waals surface area contributed by atoms with Gasteiger partial charge in [0.05, 0.1) is 0 Å². The van der Waals surface area contributed by atoms with E-state index in [-0.39, 0.29) is 25.0 Å². The van der Waals surface area contributed by atoms with Gasteiger partial charge in [-0.2, -0.15) is 0 Å². The molecule has 0 bridgehead atoms. The zero-order chi connectivity index (χ0) is 21.6. The molecule has 2 amide bonds. The number of carbonyl (C=O) groups excluding carboxylic acids is 2. The van der Waals surface area contributed by atoms with Crippen LogP contribution in [0.25, 0.3) is 0 Å². The van der Waals surface area contributed by atoms with E-state index in [0.29, 0.717) is 27.8 Å². The predicted molar refractivity (Wildman–Crippen MR) is 120 cm³/mol. The van der Waals surface area contributed by atoms with E-state index in [9.17, 15) is 9.59 Å². The van der Waals surface area contributed by atoms with Gasteiger partial charge < -0.3 is 15.0 Å². The maximum Gasteiger partial charge on any atom is 0.261 e. The molecule has 0 saturated carbocycles. The number of benzene rings is 2. The van der Waals surface area contributed by atoms with Gasteiger partial charge in [0.2, 0.25) is 5.91 Å². The minimum Gasteiger partial charge on any atom is -0.484 e. The number of hydrogen-bond donors (Lipinski definition) is 1. The second-order valence-electron chi connectivity index (χ2n) is 6.46. The maximum atomic E-state index is 13.0. The highest BCUT2D eigenvalue weighted by Crippen LogP contribution is 2.27. The summed E-state index contributed by atoms with van der Waals surface area (Å²) in [4.78, 5) is 26.9. The van der Waals surface area contributed by atoms with Crippen LogP contribution in [0.15, 0.2) is 40.9 Å². The van der Waals surface area contributed by atoms with Crippen LogP contribution in [0.3, 0.4) is 0 Å². The van der Waals surface area contributed by atoms with E-state index in [4.69, 9.17) is 27.9 Å². The van der Waals surface area contributed by atoms with Gasteiger partial charge in [-0.1, -0.05) is 52.1 Å². The summed E-state index contributed by atoms with van der Waals surface area (Å²) in [5.41, 5.74) is 1.58. The summed E-state index contributed by atoms with van der Waals surface area (Å²) in [6.07, 6.45) is 0.435. The molecule has 0 fully saturated rings. The fraction of sp³-hybridized carbons (Fsp3) is 0.333. The minimum atomic E-state index is -0.671. The van der Waals surface area contributed by atoms with E-state index in [1.807, 2.05) is 26.0 Å². The van der Waals surface area contributed by atoms with Crippen molar-refractivity contribution in [3.05, 3.63) is 62.0 Å². The molecule has 0 aromatic heterocycles. The summed E-state index contributed by atoms with van der Waals surface area (Å²) < 4.78 is 6.64. The first kappa shape index (κ1) is 23.5. The predicted octanol–water partition coefficient (Wildman–Crippen LogP) is 5.00. The Balaban J connectivity index is 2.26. The first-order chi connectivity index (χ1) is 13.8. The van der Waals surface area contributed by atoms with Gasteiger partial charge in [0.25, 0.3) is 5.91 Å². The van der Waals surface area contributed by atoms with Gasteiger partial charge in [-0.05, 0) is 49.2 Å². The molecule has 5 nitrogen and oxygen atoms in total. The highest BCUT2D eigenvalue weighted by atomic mass is 79.9. The Morgan fingerprint density at radius 3 is 2.41 bits per heavy atom. The topological polar surface area (TPSA) is 58.6 Å². The Morgan fingerprint density at radius 2 is 1.86 bits per heavy atom. The molecule has 0 saturated heterocycles. The quantitative estimate of drug-likeness (QED) is 0.553. The molecule has 2 aromatic rings. The molecule has 1 atom stereocenters. The number of amides is 2. The Hall–Kier alpha value is -1.76. The smallest absolute Gasteiger partial charge is 0.261 e. The normalized spacial score (nSPS) is 11.7. The molecule has 2 aromatic carbocycles. The third-order valence-corrected chi connectivity index (χ3v) is 6.11. The Labute approximate surface area is 189 Å². The van der Waals surface area contributed by atoms with E-state index in [1.54, 1.807) is 24.3 Å². The number of likely N-dealkylation sites (N-methyl/N-ethyl adjacent to an activating group) is 1. The summed E-state index contributed by atoms with van der Waals surface area (Å²) in [5.74, 6) is -0.0247. The molecule has 29 heavy (non-hydrogen) atoms. The lowest BCUT2D eigenvalue weighted by atomic mass is 10.1. The minimum absolute atomic E-state index is 0.103. The molecule has 1 unspecified atom stereocenters. The van der Waals surface area contributed by atoms with Crippen LogP contribution in [-0.2, 0) is 16.1 Å². The molecule has 0 heterocycles. The van der Waals surface area contributed by atoms with Gasteiger partial charge in [-0.25, -0.2) is 0 Å². The van der Waals surface area contributed by atoms with Gasteiger partial charge in [0, 0.05) is 33.7 Å². The van der Waals surface area contributed by atoms with Crippen molar-refractivity contribution < 1.29 is 14.3 Å². The lowest BCUT2D eigenvalue weighted by Crippen LogP contribution is -2.49. The molecule has 1 N–H and O–H groups in total. The molecule has 0 radical (unpaired) electrons. The summed E-state index contributed by atoms with van der Waals surface area (Å²) >= 11 is 16.0. The number of ether oxygens (including phenoxy) is 1. The standard InChI is InChI=1S/C21H23BrCl2N2O3/c1-4-19(21(28)25-3)26(11-15-17(23)6-5-7-18(15)24)20(27)12-29-14-8-9-16(22)13(2)10-14/h5-10,19H,4,11-12H2,1-3H3,(H,25,28). The van der Waals surface area contributed by atoms with Gasteiger partial charge in [0.15, 0.2) is 6.61 Å². The zero-order valence-electron chi connectivity index (χ0n) is 16.5. The number of carbonyl (C=O) groups is 2. The number of halogens is 3. The molecule has 0 aliphatic carbocycles. The van der Waals surface area contributed by atoms with Crippen molar-refractivity contribution in [1.29, 1.82) is 0 Å². The van der Waals surface area contributed by atoms with E-state index < -0.39 is 6.04 Å². The number of nitrogens with zero attached hydrogens (tertiary/aromatic N) is 1. The average Bonchev–Trinajstić information content (AvgIpc) is 2.70. The van der Waals surface area contributed by atoms with Crippen LogP contribution in [0.2, 0.25) is 10.0 Å². The molecule has 0 spiro atoms. The van der Waals surface area contributed by atoms with E-state index in [0.717, 1.165) is 10.0 Å². The monoisotopic (exact) mass is 500 g/mol. The van der Waals surface area contributed by atoms with Crippen molar-refractivity contribution in [2.75, 3.05) is 13.7 Å². The summed E-state index contributed by atoms with van der Waals surface area (Å²) in [7, 11) is 1.54. The maximum absolute atomic E-state index is 13.0. The fourth-order valence-electron chi connectivity index (χ4n) is 2.87. The molecule has 156 valence electrons. The third-order valence-electron chi connectivity index (χ3n) is 4.51. The van der Waals surface area contributed by atoms with E-state index in [2.05, 4.69) is 21.2 Å². The van der Waals surface area contributed by atoms with Crippen molar-refractivity contribution in [2.24, 2.45) is 0 Å². The van der Waals surface area contributed by atoms with Crippen LogP contribution in [0.4, 0.5) is 0 Å². The Bertz CT molecular complexity index is 872. The molecule has 2 rings (SSSR count). The van der Waals surface area contributed by atoms with Gasteiger partial charge >= 0.3 is 0 Å². The highest BCUT2D eigenvalue weighted by molar-refractivity contribution is 9.10. The van der Waals surface area contributed by atoms with E-state index >= 15 is 0 Å². The van der Waals surface area contributed by atoms with Crippen LogP contribution in [0.1, 0.15) is 24.5 Å². The van der Waals surface area contributed by atoms with Crippen molar-refractivity contribution in [2.45, 2.75) is 32.9 Å². The second-order valence-corrected chi connectivity index (χ2v) is 8.13. The van der Waals surface area contributed by atoms with Crippen LogP contribution in [0.5, 0.6) is 5.75 Å². The van der Waals surface area contributed by atoms with E-state index in [1.165, 1.54) is 11.9 Å². The van der Waals surface area contributed by atoms with Crippen LogP contribution < -0.4 is 10.1 Å². The van der Waals surface area contributed by atoms with Crippen molar-refractivity contribution in [3.8, 4) is 5.75 Å². The largest absolute Gasteiger partial charge is 0.484 e. The average molecular weight is 502 g/mol. The van der Waals surface area contributed by atoms with Gasteiger partial charge in [-0.15, -0.1) is 0 Å². The lowest BCUT2D eigenvalue weighted by molar-refractivity contribution is -0.142. The van der Waals surface area contributed by atoms with Gasteiger partial charge in [0.1, 0.15) is 11.8 Å². The Morgan fingerprint density at radius 1 is 1.21 bits per heavy atom. The molecular formula is C21H23BrCl2N2O3. The SMILES string of the molecule is CCC(C(=O)NC)N(Cc1c(Cl)cccc1Cl)C(=O)COc1ccc(Br)c(C)c1. The van der Waals surface area contributed by atoms with Crippen molar-refractivity contribution in [1.82, 2.24) is 10.2 Å². The summed E-state index contributed by atoms with van der Waals surface area (Å²) in [6.45, 7) is 3.67. The molecule has 8 heteroatoms. The lowest BCUT2D eigenvalue weighted by Gasteiger charge is -2.30. The fourth-order valence-corrected chi connectivity index (χ4v) is 3.64. The third kappa shape index (κ3) is 6.11. The molecule has 0 aliphatic rings. The number of nitrogens with one attached hydrogen (secondary N) is 1. The van der Waals surface area contributed by atoms with Crippen LogP contribution in [0, 0.1) is 6.92 Å². The zero-order valence-corrected chi connectivity index (χ0v) is 19.6. The molecule has 0 aliphatic heterocycles. The first-order valence-corrected chi connectivity index (χ1v) is 10.7. The second kappa shape index (κ2) is 10.9. The molecular weight excluding hydrogens is 479 g/mol. The highest BCUT2D eigenvalue weighted by Gasteiger charge is 2.29. The summed E-state index contributed by atoms with van der Waals surface area (Å²) in [5, 5.41) is 3.48. The van der Waals surface area contributed by atoms with Crippen LogP contribution >= 0.6 is 39.1 Å².